The smallest absolute Gasteiger partial charge is 0.223 e. The fraction of sp³-hybridized carbons (Fsp3) is 0.389. The molecule has 0 aliphatic heterocycles. The number of hydrogen-bond donors (Lipinski definition) is 2. The van der Waals surface area contributed by atoms with E-state index in [4.69, 9.17) is 4.42 Å². The monoisotopic (exact) mass is 299 g/mol. The second-order valence-corrected chi connectivity index (χ2v) is 5.83. The molecule has 1 heterocycles. The highest BCUT2D eigenvalue weighted by molar-refractivity contribution is 5.82. The molecule has 1 fully saturated rings. The highest BCUT2D eigenvalue weighted by atomic mass is 16.3. The van der Waals surface area contributed by atoms with Crippen molar-refractivity contribution in [1.82, 2.24) is 5.32 Å². The molecule has 1 aromatic heterocycles. The van der Waals surface area contributed by atoms with Gasteiger partial charge in [0, 0.05) is 30.9 Å². The first-order valence-electron chi connectivity index (χ1n) is 7.76. The van der Waals surface area contributed by atoms with E-state index in [0.717, 1.165) is 17.7 Å². The molecule has 0 radical (unpaired) electrons. The number of carbonyl (C=O) groups is 1. The molecular formula is C18H21NO3. The molecule has 1 saturated carbocycles. The van der Waals surface area contributed by atoms with Crippen molar-refractivity contribution in [2.45, 2.75) is 24.7 Å². The van der Waals surface area contributed by atoms with Gasteiger partial charge in [0.1, 0.15) is 5.76 Å². The van der Waals surface area contributed by atoms with Gasteiger partial charge in [-0.1, -0.05) is 30.3 Å². The van der Waals surface area contributed by atoms with Crippen LogP contribution >= 0.6 is 0 Å². The van der Waals surface area contributed by atoms with Crippen molar-refractivity contribution in [1.29, 1.82) is 0 Å². The van der Waals surface area contributed by atoms with Crippen LogP contribution in [0.1, 0.15) is 36.0 Å². The first kappa shape index (κ1) is 14.9. The van der Waals surface area contributed by atoms with Crippen LogP contribution in [-0.4, -0.2) is 24.2 Å². The molecule has 2 N–H and O–H groups in total. The molecule has 0 bridgehead atoms. The first-order valence-corrected chi connectivity index (χ1v) is 7.76. The lowest BCUT2D eigenvalue weighted by Gasteiger charge is -2.17. The second kappa shape index (κ2) is 6.79. The van der Waals surface area contributed by atoms with Crippen molar-refractivity contribution >= 4 is 5.91 Å². The fourth-order valence-corrected chi connectivity index (χ4v) is 2.92. The summed E-state index contributed by atoms with van der Waals surface area (Å²) in [6, 6.07) is 13.8. The quantitative estimate of drug-likeness (QED) is 0.826. The summed E-state index contributed by atoms with van der Waals surface area (Å²) >= 11 is 0. The van der Waals surface area contributed by atoms with Gasteiger partial charge in [-0.15, -0.1) is 0 Å². The molecule has 3 atom stereocenters. The molecular weight excluding hydrogens is 278 g/mol. The van der Waals surface area contributed by atoms with Crippen molar-refractivity contribution in [3.05, 3.63) is 60.1 Å². The highest BCUT2D eigenvalue weighted by Crippen LogP contribution is 2.47. The van der Waals surface area contributed by atoms with Gasteiger partial charge in [0.25, 0.3) is 0 Å². The standard InChI is InChI=1S/C18H21NO3/c20-9-8-14(13-5-2-1-3-6-13)12-19-18(21)16-11-15(16)17-7-4-10-22-17/h1-7,10,14-16,20H,8-9,11-12H2,(H,19,21). The van der Waals surface area contributed by atoms with Crippen molar-refractivity contribution in [3.8, 4) is 0 Å². The zero-order chi connectivity index (χ0) is 15.4. The average molecular weight is 299 g/mol. The number of aliphatic hydroxyl groups excluding tert-OH is 1. The Morgan fingerprint density at radius 2 is 2.09 bits per heavy atom. The first-order chi connectivity index (χ1) is 10.8. The Labute approximate surface area is 130 Å². The maximum absolute atomic E-state index is 12.2. The van der Waals surface area contributed by atoms with Gasteiger partial charge in [-0.05, 0) is 30.5 Å². The molecule has 1 aliphatic rings. The van der Waals surface area contributed by atoms with Gasteiger partial charge in [-0.3, -0.25) is 4.79 Å². The van der Waals surface area contributed by atoms with E-state index < -0.39 is 0 Å². The molecule has 116 valence electrons. The van der Waals surface area contributed by atoms with Crippen molar-refractivity contribution in [2.75, 3.05) is 13.2 Å². The van der Waals surface area contributed by atoms with Crippen LogP contribution in [0.25, 0.3) is 0 Å². The molecule has 3 rings (SSSR count). The normalized spacial score (nSPS) is 21.3. The average Bonchev–Trinajstić information content (AvgIpc) is 3.17. The third-order valence-corrected chi connectivity index (χ3v) is 4.31. The molecule has 4 heteroatoms. The van der Waals surface area contributed by atoms with Crippen LogP contribution in [0.3, 0.4) is 0 Å². The number of nitrogens with one attached hydrogen (secondary N) is 1. The lowest BCUT2D eigenvalue weighted by atomic mass is 9.96. The van der Waals surface area contributed by atoms with Crippen molar-refractivity contribution in [3.63, 3.8) is 0 Å². The van der Waals surface area contributed by atoms with E-state index in [0.29, 0.717) is 13.0 Å². The maximum atomic E-state index is 12.2. The molecule has 1 aromatic carbocycles. The Morgan fingerprint density at radius 3 is 2.77 bits per heavy atom. The van der Waals surface area contributed by atoms with Crippen LogP contribution in [-0.2, 0) is 4.79 Å². The number of carbonyl (C=O) groups excluding carboxylic acids is 1. The Hall–Kier alpha value is -2.07. The van der Waals surface area contributed by atoms with Crippen LogP contribution in [0.5, 0.6) is 0 Å². The molecule has 0 saturated heterocycles. The Morgan fingerprint density at radius 1 is 1.27 bits per heavy atom. The van der Waals surface area contributed by atoms with Gasteiger partial charge in [0.15, 0.2) is 0 Å². The number of amides is 1. The van der Waals surface area contributed by atoms with Crippen LogP contribution in [0, 0.1) is 5.92 Å². The van der Waals surface area contributed by atoms with Gasteiger partial charge >= 0.3 is 0 Å². The van der Waals surface area contributed by atoms with E-state index in [1.807, 2.05) is 42.5 Å². The van der Waals surface area contributed by atoms with Gasteiger partial charge in [-0.2, -0.15) is 0 Å². The van der Waals surface area contributed by atoms with Crippen molar-refractivity contribution in [2.24, 2.45) is 5.92 Å². The van der Waals surface area contributed by atoms with Crippen LogP contribution in [0.2, 0.25) is 0 Å². The fourth-order valence-electron chi connectivity index (χ4n) is 2.92. The number of aliphatic hydroxyl groups is 1. The number of furan rings is 1. The Kier molecular flexibility index (Phi) is 4.59. The van der Waals surface area contributed by atoms with Gasteiger partial charge in [0.2, 0.25) is 5.91 Å². The van der Waals surface area contributed by atoms with Crippen molar-refractivity contribution < 1.29 is 14.3 Å². The molecule has 3 unspecified atom stereocenters. The summed E-state index contributed by atoms with van der Waals surface area (Å²) in [6.07, 6.45) is 3.15. The van der Waals surface area contributed by atoms with Crippen LogP contribution in [0.15, 0.2) is 53.1 Å². The van der Waals surface area contributed by atoms with Gasteiger partial charge in [-0.25, -0.2) is 0 Å². The number of benzene rings is 1. The second-order valence-electron chi connectivity index (χ2n) is 5.83. The summed E-state index contributed by atoms with van der Waals surface area (Å²) in [4.78, 5) is 12.2. The summed E-state index contributed by atoms with van der Waals surface area (Å²) < 4.78 is 5.36. The van der Waals surface area contributed by atoms with E-state index in [1.165, 1.54) is 0 Å². The molecule has 22 heavy (non-hydrogen) atoms. The zero-order valence-electron chi connectivity index (χ0n) is 12.4. The Bertz CT molecular complexity index is 594. The zero-order valence-corrected chi connectivity index (χ0v) is 12.4. The topological polar surface area (TPSA) is 62.5 Å². The van der Waals surface area contributed by atoms with Gasteiger partial charge < -0.3 is 14.8 Å². The third-order valence-electron chi connectivity index (χ3n) is 4.31. The Balaban J connectivity index is 1.53. The lowest BCUT2D eigenvalue weighted by molar-refractivity contribution is -0.122. The molecule has 1 aliphatic carbocycles. The van der Waals surface area contributed by atoms with E-state index in [2.05, 4.69) is 5.32 Å². The third kappa shape index (κ3) is 3.39. The molecule has 4 nitrogen and oxygen atoms in total. The van der Waals surface area contributed by atoms with E-state index in [-0.39, 0.29) is 30.3 Å². The molecule has 0 spiro atoms. The predicted octanol–water partition coefficient (Wildman–Crippen LogP) is 2.67. The lowest BCUT2D eigenvalue weighted by Crippen LogP contribution is -2.30. The summed E-state index contributed by atoms with van der Waals surface area (Å²) in [5.74, 6) is 1.38. The largest absolute Gasteiger partial charge is 0.469 e. The highest BCUT2D eigenvalue weighted by Gasteiger charge is 2.45. The molecule has 1 amide bonds. The number of rotatable bonds is 7. The van der Waals surface area contributed by atoms with E-state index >= 15 is 0 Å². The predicted molar refractivity (Wildman–Crippen MR) is 83.5 cm³/mol. The summed E-state index contributed by atoms with van der Waals surface area (Å²) in [5, 5.41) is 12.3. The SMILES string of the molecule is O=C(NCC(CCO)c1ccccc1)C1CC1c1ccco1. The summed E-state index contributed by atoms with van der Waals surface area (Å²) in [6.45, 7) is 0.679. The summed E-state index contributed by atoms with van der Waals surface area (Å²) in [5.41, 5.74) is 1.15. The van der Waals surface area contributed by atoms with E-state index in [1.54, 1.807) is 6.26 Å². The number of hydrogen-bond acceptors (Lipinski definition) is 3. The van der Waals surface area contributed by atoms with E-state index in [9.17, 15) is 9.90 Å². The van der Waals surface area contributed by atoms with Crippen LogP contribution in [0.4, 0.5) is 0 Å². The minimum Gasteiger partial charge on any atom is -0.469 e. The molecule has 2 aromatic rings. The van der Waals surface area contributed by atoms with Crippen LogP contribution < -0.4 is 5.32 Å². The summed E-state index contributed by atoms with van der Waals surface area (Å²) in [7, 11) is 0. The maximum Gasteiger partial charge on any atom is 0.223 e. The minimum absolute atomic E-state index is 0.0247. The van der Waals surface area contributed by atoms with Gasteiger partial charge in [0.05, 0.1) is 6.26 Å². The minimum atomic E-state index is 0.0247.